The van der Waals surface area contributed by atoms with Gasteiger partial charge in [0.2, 0.25) is 5.91 Å². The number of carbonyl (C=O) groups is 1. The van der Waals surface area contributed by atoms with Gasteiger partial charge in [0.1, 0.15) is 5.75 Å². The molecule has 2 unspecified atom stereocenters. The molecule has 0 aliphatic carbocycles. The summed E-state index contributed by atoms with van der Waals surface area (Å²) in [5.74, 6) is 1.01. The summed E-state index contributed by atoms with van der Waals surface area (Å²) < 4.78 is 5.51. The second-order valence-corrected chi connectivity index (χ2v) is 9.54. The van der Waals surface area contributed by atoms with E-state index in [0.29, 0.717) is 0 Å². The van der Waals surface area contributed by atoms with Crippen LogP contribution in [0.25, 0.3) is 0 Å². The first kappa shape index (κ1) is 22.1. The molecule has 176 valence electrons. The Kier molecular flexibility index (Phi) is 6.72. The predicted molar refractivity (Wildman–Crippen MR) is 133 cm³/mol. The van der Waals surface area contributed by atoms with Gasteiger partial charge in [-0.15, -0.1) is 0 Å². The molecule has 0 aromatic heterocycles. The second-order valence-electron chi connectivity index (χ2n) is 9.54. The van der Waals surface area contributed by atoms with Crippen molar-refractivity contribution in [3.8, 4) is 5.75 Å². The van der Waals surface area contributed by atoms with Crippen LogP contribution in [0.3, 0.4) is 0 Å². The van der Waals surface area contributed by atoms with Gasteiger partial charge >= 0.3 is 0 Å². The summed E-state index contributed by atoms with van der Waals surface area (Å²) in [6, 6.07) is 17.0. The Morgan fingerprint density at radius 3 is 2.64 bits per heavy atom. The van der Waals surface area contributed by atoms with Crippen LogP contribution in [0.1, 0.15) is 24.8 Å². The summed E-state index contributed by atoms with van der Waals surface area (Å²) in [6.45, 7) is 6.72. The maximum absolute atomic E-state index is 13.5. The first-order valence-corrected chi connectivity index (χ1v) is 12.5. The number of methoxy groups -OCH3 is 1. The predicted octanol–water partition coefficient (Wildman–Crippen LogP) is 3.16. The molecular weight excluding hydrogens is 412 g/mol. The number of amides is 1. The number of nitrogens with zero attached hydrogens (tertiary/aromatic N) is 3. The van der Waals surface area contributed by atoms with Crippen LogP contribution in [0.5, 0.6) is 5.75 Å². The molecule has 3 aliphatic heterocycles. The molecule has 0 radical (unpaired) electrons. The molecule has 5 rings (SSSR count). The Morgan fingerprint density at radius 2 is 1.85 bits per heavy atom. The van der Waals surface area contributed by atoms with Gasteiger partial charge in [0.25, 0.3) is 0 Å². The SMILES string of the molecule is COc1ccc2c(c1)N1CCN(c3ccccc3)CC1C(C(=O)NCCN1CCCCC1)C2. The molecule has 2 aromatic carbocycles. The Bertz CT molecular complexity index is 944. The van der Waals surface area contributed by atoms with Gasteiger partial charge in [0, 0.05) is 50.2 Å². The quantitative estimate of drug-likeness (QED) is 0.736. The number of nitrogens with one attached hydrogen (secondary N) is 1. The van der Waals surface area contributed by atoms with E-state index in [-0.39, 0.29) is 17.9 Å². The van der Waals surface area contributed by atoms with Crippen LogP contribution < -0.4 is 19.9 Å². The molecular formula is C27H36N4O2. The second kappa shape index (κ2) is 10.0. The molecule has 2 aromatic rings. The highest BCUT2D eigenvalue weighted by atomic mass is 16.5. The number of para-hydroxylation sites is 1. The third kappa shape index (κ3) is 4.81. The van der Waals surface area contributed by atoms with Crippen molar-refractivity contribution in [3.63, 3.8) is 0 Å². The molecule has 3 aliphatic rings. The van der Waals surface area contributed by atoms with E-state index in [1.807, 2.05) is 6.07 Å². The summed E-state index contributed by atoms with van der Waals surface area (Å²) in [6.07, 6.45) is 4.68. The fraction of sp³-hybridized carbons (Fsp3) is 0.519. The van der Waals surface area contributed by atoms with Crippen molar-refractivity contribution < 1.29 is 9.53 Å². The number of hydrogen-bond donors (Lipinski definition) is 1. The number of hydrogen-bond acceptors (Lipinski definition) is 5. The number of piperidine rings is 1. The summed E-state index contributed by atoms with van der Waals surface area (Å²) in [4.78, 5) is 20.8. The standard InChI is InChI=1S/C27H36N4O2/c1-33-23-11-10-21-18-24(27(32)28-12-15-29-13-6-3-7-14-29)26-20-30(22-8-4-2-5-9-22)16-17-31(26)25(21)19-23/h2,4-5,8-11,19,24,26H,3,6-7,12-18,20H2,1H3,(H,28,32). The molecule has 6 heteroatoms. The summed E-state index contributed by atoms with van der Waals surface area (Å²) in [5, 5.41) is 3.29. The van der Waals surface area contributed by atoms with Crippen LogP contribution in [-0.4, -0.2) is 69.8 Å². The van der Waals surface area contributed by atoms with Crippen molar-refractivity contribution in [2.24, 2.45) is 5.92 Å². The normalized spacial score (nSPS) is 22.9. The smallest absolute Gasteiger partial charge is 0.225 e. The molecule has 2 saturated heterocycles. The minimum Gasteiger partial charge on any atom is -0.497 e. The summed E-state index contributed by atoms with van der Waals surface area (Å²) in [7, 11) is 1.72. The topological polar surface area (TPSA) is 48.1 Å². The Balaban J connectivity index is 1.34. The van der Waals surface area contributed by atoms with Crippen molar-refractivity contribution in [3.05, 3.63) is 54.1 Å². The van der Waals surface area contributed by atoms with E-state index in [9.17, 15) is 4.79 Å². The van der Waals surface area contributed by atoms with Crippen LogP contribution in [0.4, 0.5) is 11.4 Å². The number of benzene rings is 2. The fourth-order valence-electron chi connectivity index (χ4n) is 5.73. The number of rotatable bonds is 6. The Labute approximate surface area is 197 Å². The van der Waals surface area contributed by atoms with E-state index < -0.39 is 0 Å². The largest absolute Gasteiger partial charge is 0.497 e. The van der Waals surface area contributed by atoms with Gasteiger partial charge in [-0.2, -0.15) is 0 Å². The van der Waals surface area contributed by atoms with Crippen molar-refractivity contribution >= 4 is 17.3 Å². The zero-order valence-corrected chi connectivity index (χ0v) is 19.7. The van der Waals surface area contributed by atoms with Crippen LogP contribution >= 0.6 is 0 Å². The van der Waals surface area contributed by atoms with E-state index >= 15 is 0 Å². The fourth-order valence-corrected chi connectivity index (χ4v) is 5.73. The van der Waals surface area contributed by atoms with E-state index in [1.54, 1.807) is 7.11 Å². The highest BCUT2D eigenvalue weighted by Crippen LogP contribution is 2.38. The molecule has 1 N–H and O–H groups in total. The molecule has 3 heterocycles. The van der Waals surface area contributed by atoms with Gasteiger partial charge in [0.15, 0.2) is 0 Å². The zero-order chi connectivity index (χ0) is 22.6. The average Bonchev–Trinajstić information content (AvgIpc) is 2.88. The number of fused-ring (bicyclic) bond motifs is 3. The minimum absolute atomic E-state index is 0.0567. The zero-order valence-electron chi connectivity index (χ0n) is 19.7. The van der Waals surface area contributed by atoms with Gasteiger partial charge < -0.3 is 24.8 Å². The lowest BCUT2D eigenvalue weighted by Gasteiger charge is -2.49. The Morgan fingerprint density at radius 1 is 1.03 bits per heavy atom. The van der Waals surface area contributed by atoms with E-state index in [4.69, 9.17) is 4.74 Å². The van der Waals surface area contributed by atoms with Crippen LogP contribution in [0.15, 0.2) is 48.5 Å². The maximum Gasteiger partial charge on any atom is 0.225 e. The lowest BCUT2D eigenvalue weighted by atomic mass is 9.83. The van der Waals surface area contributed by atoms with Crippen molar-refractivity contribution in [2.75, 3.05) is 62.7 Å². The lowest BCUT2D eigenvalue weighted by Crippen LogP contribution is -2.61. The van der Waals surface area contributed by atoms with Crippen LogP contribution in [-0.2, 0) is 11.2 Å². The van der Waals surface area contributed by atoms with Gasteiger partial charge in [0.05, 0.1) is 19.1 Å². The van der Waals surface area contributed by atoms with Crippen molar-refractivity contribution in [2.45, 2.75) is 31.7 Å². The minimum atomic E-state index is -0.0567. The van der Waals surface area contributed by atoms with Gasteiger partial charge in [-0.3, -0.25) is 4.79 Å². The molecule has 0 saturated carbocycles. The molecule has 2 atom stereocenters. The molecule has 2 fully saturated rings. The van der Waals surface area contributed by atoms with E-state index in [0.717, 1.165) is 58.0 Å². The molecule has 0 spiro atoms. The molecule has 0 bridgehead atoms. The Hall–Kier alpha value is -2.73. The summed E-state index contributed by atoms with van der Waals surface area (Å²) in [5.41, 5.74) is 3.71. The number of anilines is 2. The monoisotopic (exact) mass is 448 g/mol. The first-order chi connectivity index (χ1) is 16.2. The lowest BCUT2D eigenvalue weighted by molar-refractivity contribution is -0.125. The van der Waals surface area contributed by atoms with Crippen LogP contribution in [0.2, 0.25) is 0 Å². The van der Waals surface area contributed by atoms with Gasteiger partial charge in [-0.25, -0.2) is 0 Å². The van der Waals surface area contributed by atoms with Crippen LogP contribution in [0, 0.1) is 5.92 Å². The number of piperazine rings is 1. The summed E-state index contributed by atoms with van der Waals surface area (Å²) >= 11 is 0. The highest BCUT2D eigenvalue weighted by molar-refractivity contribution is 5.82. The first-order valence-electron chi connectivity index (χ1n) is 12.5. The maximum atomic E-state index is 13.5. The molecule has 6 nitrogen and oxygen atoms in total. The third-order valence-electron chi connectivity index (χ3n) is 7.56. The number of ether oxygens (including phenoxy) is 1. The van der Waals surface area contributed by atoms with E-state index in [1.165, 1.54) is 36.2 Å². The van der Waals surface area contributed by atoms with Gasteiger partial charge in [-0.1, -0.05) is 30.7 Å². The van der Waals surface area contributed by atoms with E-state index in [2.05, 4.69) is 62.5 Å². The average molecular weight is 449 g/mol. The highest BCUT2D eigenvalue weighted by Gasteiger charge is 2.41. The van der Waals surface area contributed by atoms with Crippen molar-refractivity contribution in [1.29, 1.82) is 0 Å². The molecule has 1 amide bonds. The van der Waals surface area contributed by atoms with Crippen molar-refractivity contribution in [1.82, 2.24) is 10.2 Å². The number of likely N-dealkylation sites (tertiary alicyclic amines) is 1. The number of carbonyl (C=O) groups excluding carboxylic acids is 1. The molecule has 33 heavy (non-hydrogen) atoms. The van der Waals surface area contributed by atoms with Gasteiger partial charge in [-0.05, 0) is 56.1 Å². The third-order valence-corrected chi connectivity index (χ3v) is 7.56.